The van der Waals surface area contributed by atoms with E-state index in [4.69, 9.17) is 10.2 Å². The molecule has 0 radical (unpaired) electrons. The molecule has 0 aliphatic carbocycles. The van der Waals surface area contributed by atoms with Crippen molar-refractivity contribution in [2.45, 2.75) is 12.5 Å². The number of rotatable bonds is 3. The molecule has 1 aromatic carbocycles. The van der Waals surface area contributed by atoms with Crippen LogP contribution in [0.3, 0.4) is 0 Å². The van der Waals surface area contributed by atoms with Crippen LogP contribution in [0.15, 0.2) is 23.8 Å². The molecule has 100 valence electrons. The molecule has 1 aromatic rings. The summed E-state index contributed by atoms with van der Waals surface area (Å²) in [5.41, 5.74) is 0.988. The summed E-state index contributed by atoms with van der Waals surface area (Å²) < 4.78 is 13.2. The first kappa shape index (κ1) is 13.1. The van der Waals surface area contributed by atoms with Crippen molar-refractivity contribution in [3.63, 3.8) is 0 Å². The van der Waals surface area contributed by atoms with Crippen LogP contribution < -0.4 is 4.90 Å². The summed E-state index contributed by atoms with van der Waals surface area (Å²) in [7, 11) is 1.60. The van der Waals surface area contributed by atoms with E-state index in [1.54, 1.807) is 11.9 Å². The van der Waals surface area contributed by atoms with Gasteiger partial charge in [0.1, 0.15) is 5.82 Å². The third-order valence-corrected chi connectivity index (χ3v) is 3.12. The van der Waals surface area contributed by atoms with Crippen LogP contribution in [-0.4, -0.2) is 35.2 Å². The topological polar surface area (TPSA) is 77.8 Å². The van der Waals surface area contributed by atoms with Crippen molar-refractivity contribution in [3.05, 3.63) is 35.2 Å². The minimum absolute atomic E-state index is 0.0528. The molecule has 0 saturated carbocycles. The molecular weight excluding hydrogens is 253 g/mol. The molecule has 0 spiro atoms. The van der Waals surface area contributed by atoms with E-state index in [1.807, 2.05) is 0 Å². The lowest BCUT2D eigenvalue weighted by atomic mass is 9.93. The zero-order valence-corrected chi connectivity index (χ0v) is 10.1. The second kappa shape index (κ2) is 4.72. The minimum Gasteiger partial charge on any atom is -0.481 e. The Morgan fingerprint density at radius 3 is 2.63 bits per heavy atom. The maximum Gasteiger partial charge on any atom is 0.333 e. The Hall–Kier alpha value is -2.37. The van der Waals surface area contributed by atoms with Gasteiger partial charge in [0.25, 0.3) is 0 Å². The van der Waals surface area contributed by atoms with E-state index >= 15 is 0 Å². The van der Waals surface area contributed by atoms with E-state index in [0.29, 0.717) is 11.3 Å². The zero-order chi connectivity index (χ0) is 14.2. The minimum atomic E-state index is -1.20. The van der Waals surface area contributed by atoms with Crippen LogP contribution in [0.5, 0.6) is 0 Å². The Bertz CT molecular complexity index is 582. The first-order chi connectivity index (χ1) is 8.90. The molecule has 0 saturated heterocycles. The quantitative estimate of drug-likeness (QED) is 0.867. The highest BCUT2D eigenvalue weighted by Crippen LogP contribution is 2.33. The normalized spacial score (nSPS) is 17.7. The molecule has 0 fully saturated rings. The number of halogens is 1. The second-order valence-corrected chi connectivity index (χ2v) is 4.33. The maximum atomic E-state index is 13.2. The predicted molar refractivity (Wildman–Crippen MR) is 66.5 cm³/mol. The number of hydrogen-bond donors (Lipinski definition) is 2. The highest BCUT2D eigenvalue weighted by atomic mass is 19.1. The van der Waals surface area contributed by atoms with Crippen LogP contribution in [0.1, 0.15) is 12.0 Å². The lowest BCUT2D eigenvalue weighted by Gasteiger charge is -2.34. The van der Waals surface area contributed by atoms with Gasteiger partial charge in [-0.1, -0.05) is 0 Å². The van der Waals surface area contributed by atoms with E-state index < -0.39 is 23.8 Å². The van der Waals surface area contributed by atoms with Gasteiger partial charge in [0.2, 0.25) is 0 Å². The van der Waals surface area contributed by atoms with Gasteiger partial charge in [0.05, 0.1) is 18.0 Å². The Labute approximate surface area is 108 Å². The Balaban J connectivity index is 2.53. The monoisotopic (exact) mass is 265 g/mol. The summed E-state index contributed by atoms with van der Waals surface area (Å²) in [4.78, 5) is 23.6. The number of hydrogen-bond acceptors (Lipinski definition) is 3. The molecular formula is C13H12FNO4. The number of carboxylic acid groups (broad SMARTS) is 2. The third kappa shape index (κ3) is 2.42. The van der Waals surface area contributed by atoms with Crippen LogP contribution in [0, 0.1) is 5.82 Å². The molecule has 5 nitrogen and oxygen atoms in total. The average molecular weight is 265 g/mol. The summed E-state index contributed by atoms with van der Waals surface area (Å²) in [5.74, 6) is -2.76. The summed E-state index contributed by atoms with van der Waals surface area (Å²) in [6.07, 6.45) is 1.000. The van der Waals surface area contributed by atoms with Crippen molar-refractivity contribution < 1.29 is 24.2 Å². The van der Waals surface area contributed by atoms with E-state index in [1.165, 1.54) is 24.3 Å². The van der Waals surface area contributed by atoms with E-state index in [-0.39, 0.29) is 12.0 Å². The first-order valence-electron chi connectivity index (χ1n) is 5.59. The molecule has 0 aromatic heterocycles. The average Bonchev–Trinajstić information content (AvgIpc) is 2.31. The molecule has 1 heterocycles. The van der Waals surface area contributed by atoms with Gasteiger partial charge < -0.3 is 15.1 Å². The number of likely N-dealkylation sites (N-methyl/N-ethyl adjacent to an activating group) is 1. The van der Waals surface area contributed by atoms with E-state index in [2.05, 4.69) is 0 Å². The van der Waals surface area contributed by atoms with Crippen LogP contribution in [0.4, 0.5) is 10.1 Å². The molecule has 1 unspecified atom stereocenters. The molecule has 19 heavy (non-hydrogen) atoms. The maximum absolute atomic E-state index is 13.2. The lowest BCUT2D eigenvalue weighted by Crippen LogP contribution is -2.40. The van der Waals surface area contributed by atoms with Crippen molar-refractivity contribution in [3.8, 4) is 0 Å². The highest BCUT2D eigenvalue weighted by molar-refractivity contribution is 5.98. The zero-order valence-electron chi connectivity index (χ0n) is 10.1. The fourth-order valence-electron chi connectivity index (χ4n) is 2.22. The van der Waals surface area contributed by atoms with E-state index in [0.717, 1.165) is 0 Å². The van der Waals surface area contributed by atoms with Gasteiger partial charge >= 0.3 is 11.9 Å². The van der Waals surface area contributed by atoms with E-state index in [9.17, 15) is 14.0 Å². The van der Waals surface area contributed by atoms with Crippen LogP contribution >= 0.6 is 0 Å². The van der Waals surface area contributed by atoms with Crippen LogP contribution in [0.25, 0.3) is 6.08 Å². The van der Waals surface area contributed by atoms with Crippen molar-refractivity contribution in [2.24, 2.45) is 0 Å². The summed E-state index contributed by atoms with van der Waals surface area (Å²) in [6.45, 7) is 0. The van der Waals surface area contributed by atoms with Crippen LogP contribution in [-0.2, 0) is 9.59 Å². The highest BCUT2D eigenvalue weighted by Gasteiger charge is 2.31. The smallest absolute Gasteiger partial charge is 0.333 e. The predicted octanol–water partition coefficient (Wildman–Crippen LogP) is 1.59. The molecule has 2 N–H and O–H groups in total. The Kier molecular flexibility index (Phi) is 3.25. The molecule has 2 rings (SSSR count). The molecule has 0 bridgehead atoms. The van der Waals surface area contributed by atoms with Crippen LogP contribution in [0.2, 0.25) is 0 Å². The molecule has 1 aliphatic heterocycles. The van der Waals surface area contributed by atoms with Crippen molar-refractivity contribution in [1.82, 2.24) is 0 Å². The van der Waals surface area contributed by atoms with Crippen molar-refractivity contribution in [1.29, 1.82) is 0 Å². The van der Waals surface area contributed by atoms with Gasteiger partial charge in [-0.2, -0.15) is 0 Å². The van der Waals surface area contributed by atoms with Crippen molar-refractivity contribution >= 4 is 23.7 Å². The largest absolute Gasteiger partial charge is 0.481 e. The molecule has 1 atom stereocenters. The Morgan fingerprint density at radius 2 is 2.05 bits per heavy atom. The summed E-state index contributed by atoms with van der Waals surface area (Å²) >= 11 is 0. The van der Waals surface area contributed by atoms with Gasteiger partial charge in [-0.3, -0.25) is 4.79 Å². The fraction of sp³-hybridized carbons (Fsp3) is 0.231. The number of fused-ring (bicyclic) bond motifs is 1. The summed E-state index contributed by atoms with van der Waals surface area (Å²) in [5, 5.41) is 18.0. The second-order valence-electron chi connectivity index (χ2n) is 4.33. The SMILES string of the molecule is CN1c2ccc(F)cc2C=C(C(=O)O)C1CC(=O)O. The number of nitrogens with zero attached hydrogens (tertiary/aromatic N) is 1. The van der Waals surface area contributed by atoms with Gasteiger partial charge in [-0.15, -0.1) is 0 Å². The van der Waals surface area contributed by atoms with Gasteiger partial charge in [0, 0.05) is 18.3 Å². The number of carboxylic acids is 2. The lowest BCUT2D eigenvalue weighted by molar-refractivity contribution is -0.137. The third-order valence-electron chi connectivity index (χ3n) is 3.12. The number of aliphatic carboxylic acids is 2. The van der Waals surface area contributed by atoms with Crippen molar-refractivity contribution in [2.75, 3.05) is 11.9 Å². The van der Waals surface area contributed by atoms with Gasteiger partial charge in [-0.05, 0) is 24.3 Å². The summed E-state index contributed by atoms with van der Waals surface area (Å²) in [6, 6.07) is 3.22. The molecule has 0 amide bonds. The molecule has 6 heteroatoms. The fourth-order valence-corrected chi connectivity index (χ4v) is 2.22. The first-order valence-corrected chi connectivity index (χ1v) is 5.59. The standard InChI is InChI=1S/C13H12FNO4/c1-15-10-3-2-8(14)4-7(10)5-9(13(18)19)11(15)6-12(16)17/h2-5,11H,6H2,1H3,(H,16,17)(H,18,19). The Morgan fingerprint density at radius 1 is 1.37 bits per heavy atom. The molecule has 1 aliphatic rings. The number of benzene rings is 1. The number of carbonyl (C=O) groups is 2. The number of anilines is 1. The van der Waals surface area contributed by atoms with Gasteiger partial charge in [-0.25, -0.2) is 9.18 Å². The van der Waals surface area contributed by atoms with Gasteiger partial charge in [0.15, 0.2) is 0 Å².